The van der Waals surface area contributed by atoms with Crippen molar-refractivity contribution < 1.29 is 21.6 Å². The Bertz CT molecular complexity index is 553. The third-order valence-corrected chi connectivity index (χ3v) is 4.89. The Kier molecular flexibility index (Phi) is 4.14. The van der Waals surface area contributed by atoms with Gasteiger partial charge in [0.05, 0.1) is 4.75 Å². The van der Waals surface area contributed by atoms with Gasteiger partial charge in [0.2, 0.25) is 0 Å². The van der Waals surface area contributed by atoms with Crippen LogP contribution in [-0.4, -0.2) is 30.9 Å². The van der Waals surface area contributed by atoms with Crippen molar-refractivity contribution in [3.05, 3.63) is 23.9 Å². The van der Waals surface area contributed by atoms with Crippen LogP contribution in [0.3, 0.4) is 0 Å². The molecule has 0 aliphatic rings. The van der Waals surface area contributed by atoms with Crippen LogP contribution in [0.1, 0.15) is 19.5 Å². The molecule has 0 radical (unpaired) electrons. The van der Waals surface area contributed by atoms with Crippen LogP contribution in [-0.2, 0) is 16.0 Å². The molecule has 8 heteroatoms. The summed E-state index contributed by atoms with van der Waals surface area (Å²) < 4.78 is 59.2. The molecule has 1 aromatic heterocycles. The molecule has 108 valence electrons. The molecule has 0 aliphatic heterocycles. The molecule has 1 rings (SSSR count). The van der Waals surface area contributed by atoms with Crippen LogP contribution in [0.25, 0.3) is 0 Å². The lowest BCUT2D eigenvalue weighted by Crippen LogP contribution is -2.38. The molecule has 0 aliphatic carbocycles. The Morgan fingerprint density at radius 3 is 2.32 bits per heavy atom. The summed E-state index contributed by atoms with van der Waals surface area (Å²) in [6, 6.07) is 3.42. The first-order chi connectivity index (χ1) is 8.43. The zero-order chi connectivity index (χ0) is 14.9. The standard InChI is InChI=1S/C11H15F3N2O2S/c1-10(2,19(3,17)18)7-15-9-6-4-5-8(16-9)11(12,13)14/h4-6H,7H2,1-3H3,(H,15,16). The first-order valence-corrected chi connectivity index (χ1v) is 7.30. The first kappa shape index (κ1) is 15.7. The van der Waals surface area contributed by atoms with Crippen molar-refractivity contribution >= 4 is 15.7 Å². The molecular weight excluding hydrogens is 281 g/mol. The third-order valence-electron chi connectivity index (χ3n) is 2.74. The zero-order valence-corrected chi connectivity index (χ0v) is 11.6. The summed E-state index contributed by atoms with van der Waals surface area (Å²) >= 11 is 0. The van der Waals surface area contributed by atoms with E-state index in [1.54, 1.807) is 0 Å². The van der Waals surface area contributed by atoms with Gasteiger partial charge in [-0.3, -0.25) is 0 Å². The highest BCUT2D eigenvalue weighted by Gasteiger charge is 2.33. The maximum Gasteiger partial charge on any atom is 0.433 e. The molecule has 0 fully saturated rings. The van der Waals surface area contributed by atoms with E-state index in [1.807, 2.05) is 0 Å². The molecule has 0 bridgehead atoms. The Balaban J connectivity index is 2.86. The van der Waals surface area contributed by atoms with Gasteiger partial charge in [-0.2, -0.15) is 13.2 Å². The highest BCUT2D eigenvalue weighted by Crippen LogP contribution is 2.28. The molecule has 0 saturated carbocycles. The molecule has 0 amide bonds. The molecule has 1 aromatic rings. The lowest BCUT2D eigenvalue weighted by Gasteiger charge is -2.23. The van der Waals surface area contributed by atoms with Crippen LogP contribution in [0, 0.1) is 0 Å². The van der Waals surface area contributed by atoms with E-state index in [2.05, 4.69) is 10.3 Å². The van der Waals surface area contributed by atoms with Gasteiger partial charge in [-0.1, -0.05) is 6.07 Å². The van der Waals surface area contributed by atoms with Crippen molar-refractivity contribution in [1.29, 1.82) is 0 Å². The SMILES string of the molecule is CC(C)(CNc1cccc(C(F)(F)F)n1)S(C)(=O)=O. The van der Waals surface area contributed by atoms with Crippen molar-refractivity contribution in [2.24, 2.45) is 0 Å². The van der Waals surface area contributed by atoms with E-state index in [0.29, 0.717) is 0 Å². The average molecular weight is 296 g/mol. The van der Waals surface area contributed by atoms with Crippen LogP contribution in [0.5, 0.6) is 0 Å². The van der Waals surface area contributed by atoms with Crippen molar-refractivity contribution in [3.63, 3.8) is 0 Å². The van der Waals surface area contributed by atoms with E-state index in [0.717, 1.165) is 12.3 Å². The Morgan fingerprint density at radius 1 is 1.26 bits per heavy atom. The van der Waals surface area contributed by atoms with Gasteiger partial charge in [0.1, 0.15) is 11.5 Å². The Hall–Kier alpha value is -1.31. The number of hydrogen-bond donors (Lipinski definition) is 1. The quantitative estimate of drug-likeness (QED) is 0.926. The van der Waals surface area contributed by atoms with Crippen LogP contribution >= 0.6 is 0 Å². The minimum atomic E-state index is -4.52. The maximum absolute atomic E-state index is 12.4. The molecule has 0 spiro atoms. The fraction of sp³-hybridized carbons (Fsp3) is 0.545. The minimum Gasteiger partial charge on any atom is -0.368 e. The molecule has 1 N–H and O–H groups in total. The number of nitrogens with zero attached hydrogens (tertiary/aromatic N) is 1. The number of halogens is 3. The second kappa shape index (κ2) is 4.99. The van der Waals surface area contributed by atoms with Gasteiger partial charge < -0.3 is 5.32 Å². The number of hydrogen-bond acceptors (Lipinski definition) is 4. The first-order valence-electron chi connectivity index (χ1n) is 5.41. The summed E-state index contributed by atoms with van der Waals surface area (Å²) in [7, 11) is -3.32. The lowest BCUT2D eigenvalue weighted by molar-refractivity contribution is -0.141. The van der Waals surface area contributed by atoms with Crippen molar-refractivity contribution in [2.45, 2.75) is 24.8 Å². The van der Waals surface area contributed by atoms with Gasteiger partial charge in [-0.25, -0.2) is 13.4 Å². The average Bonchev–Trinajstić information content (AvgIpc) is 2.24. The number of pyridine rings is 1. The predicted molar refractivity (Wildman–Crippen MR) is 66.7 cm³/mol. The normalized spacial score (nSPS) is 13.4. The molecule has 19 heavy (non-hydrogen) atoms. The van der Waals surface area contributed by atoms with Crippen LogP contribution < -0.4 is 5.32 Å². The molecular formula is C11H15F3N2O2S. The van der Waals surface area contributed by atoms with Gasteiger partial charge in [0.25, 0.3) is 0 Å². The number of rotatable bonds is 4. The number of sulfone groups is 1. The van der Waals surface area contributed by atoms with E-state index in [4.69, 9.17) is 0 Å². The largest absolute Gasteiger partial charge is 0.433 e. The van der Waals surface area contributed by atoms with Crippen molar-refractivity contribution in [3.8, 4) is 0 Å². The smallest absolute Gasteiger partial charge is 0.368 e. The molecule has 1 heterocycles. The maximum atomic E-state index is 12.4. The number of anilines is 1. The molecule has 0 atom stereocenters. The van der Waals surface area contributed by atoms with Crippen molar-refractivity contribution in [1.82, 2.24) is 4.98 Å². The number of aromatic nitrogens is 1. The van der Waals surface area contributed by atoms with E-state index in [-0.39, 0.29) is 12.4 Å². The van der Waals surface area contributed by atoms with Gasteiger partial charge in [-0.15, -0.1) is 0 Å². The summed E-state index contributed by atoms with van der Waals surface area (Å²) in [6.45, 7) is 2.95. The zero-order valence-electron chi connectivity index (χ0n) is 10.7. The fourth-order valence-corrected chi connectivity index (χ4v) is 1.46. The van der Waals surface area contributed by atoms with E-state index in [1.165, 1.54) is 26.0 Å². The van der Waals surface area contributed by atoms with E-state index < -0.39 is 26.5 Å². The molecule has 4 nitrogen and oxygen atoms in total. The number of alkyl halides is 3. The summed E-state index contributed by atoms with van der Waals surface area (Å²) in [4.78, 5) is 3.40. The highest BCUT2D eigenvalue weighted by atomic mass is 32.2. The van der Waals surface area contributed by atoms with Gasteiger partial charge in [-0.05, 0) is 26.0 Å². The molecule has 0 aromatic carbocycles. The Morgan fingerprint density at radius 2 is 1.84 bits per heavy atom. The Labute approximate surface area is 110 Å². The third kappa shape index (κ3) is 4.09. The summed E-state index contributed by atoms with van der Waals surface area (Å²) in [5.41, 5.74) is -1.02. The van der Waals surface area contributed by atoms with Crippen molar-refractivity contribution in [2.75, 3.05) is 18.1 Å². The lowest BCUT2D eigenvalue weighted by atomic mass is 10.2. The highest BCUT2D eigenvalue weighted by molar-refractivity contribution is 7.92. The minimum absolute atomic E-state index is 0.00782. The second-order valence-electron chi connectivity index (χ2n) is 4.79. The summed E-state index contributed by atoms with van der Waals surface area (Å²) in [5.74, 6) is -0.00782. The number of nitrogens with one attached hydrogen (secondary N) is 1. The summed E-state index contributed by atoms with van der Waals surface area (Å²) in [6.07, 6.45) is -3.45. The van der Waals surface area contributed by atoms with Gasteiger partial charge >= 0.3 is 6.18 Å². The van der Waals surface area contributed by atoms with E-state index >= 15 is 0 Å². The van der Waals surface area contributed by atoms with Crippen LogP contribution in [0.2, 0.25) is 0 Å². The monoisotopic (exact) mass is 296 g/mol. The van der Waals surface area contributed by atoms with Crippen LogP contribution in [0.15, 0.2) is 18.2 Å². The topological polar surface area (TPSA) is 59.1 Å². The second-order valence-corrected chi connectivity index (χ2v) is 7.44. The molecule has 0 unspecified atom stereocenters. The van der Waals surface area contributed by atoms with Gasteiger partial charge in [0.15, 0.2) is 9.84 Å². The fourth-order valence-electron chi connectivity index (χ4n) is 1.13. The summed E-state index contributed by atoms with van der Waals surface area (Å²) in [5, 5.41) is 2.61. The van der Waals surface area contributed by atoms with E-state index in [9.17, 15) is 21.6 Å². The predicted octanol–water partition coefficient (Wildman–Crippen LogP) is 2.34. The van der Waals surface area contributed by atoms with Crippen LogP contribution in [0.4, 0.5) is 19.0 Å². The molecule has 0 saturated heterocycles. The van der Waals surface area contributed by atoms with Gasteiger partial charge in [0, 0.05) is 12.8 Å².